The molecule has 1 aromatic heterocycles. The quantitative estimate of drug-likeness (QED) is 0.281. The lowest BCUT2D eigenvalue weighted by Crippen LogP contribution is -2.62. The number of hydrogen-bond acceptors (Lipinski definition) is 4. The topological polar surface area (TPSA) is 123 Å². The van der Waals surface area contributed by atoms with Crippen molar-refractivity contribution in [3.05, 3.63) is 108 Å². The van der Waals surface area contributed by atoms with Crippen LogP contribution in [0.5, 0.6) is 0 Å². The molecule has 4 atom stereocenters. The predicted octanol–water partition coefficient (Wildman–Crippen LogP) is 2.65. The van der Waals surface area contributed by atoms with Crippen molar-refractivity contribution in [2.45, 2.75) is 56.3 Å². The normalized spacial score (nSPS) is 23.1. The molecule has 2 fully saturated rings. The second-order valence-corrected chi connectivity index (χ2v) is 11.3. The first kappa shape index (κ1) is 28.2. The van der Waals surface area contributed by atoms with Gasteiger partial charge < -0.3 is 25.8 Å². The number of nitrogens with zero attached hydrogens (tertiary/aromatic N) is 1. The molecule has 2 saturated heterocycles. The van der Waals surface area contributed by atoms with Gasteiger partial charge in [0.05, 0.1) is 0 Å². The zero-order chi connectivity index (χ0) is 29.8. The van der Waals surface area contributed by atoms with Gasteiger partial charge in [0.15, 0.2) is 0 Å². The number of nitrogens with one attached hydrogen (secondary N) is 4. The fraction of sp³-hybridized carbons (Fsp3) is 0.294. The van der Waals surface area contributed by atoms with Gasteiger partial charge in [-0.3, -0.25) is 19.2 Å². The molecule has 220 valence electrons. The van der Waals surface area contributed by atoms with Crippen LogP contribution < -0.4 is 16.0 Å². The summed E-state index contributed by atoms with van der Waals surface area (Å²) in [7, 11) is 0. The molecule has 6 rings (SSSR count). The van der Waals surface area contributed by atoms with Crippen LogP contribution in [0.4, 0.5) is 0 Å². The molecule has 0 aliphatic carbocycles. The van der Waals surface area contributed by atoms with Gasteiger partial charge in [-0.1, -0.05) is 78.9 Å². The van der Waals surface area contributed by atoms with E-state index in [1.807, 2.05) is 91.1 Å². The number of carbonyl (C=O) groups is 4. The molecule has 0 spiro atoms. The Kier molecular flexibility index (Phi) is 8.22. The summed E-state index contributed by atoms with van der Waals surface area (Å²) in [5, 5.41) is 9.78. The summed E-state index contributed by atoms with van der Waals surface area (Å²) in [6.45, 7) is 0.409. The second kappa shape index (κ2) is 12.5. The van der Waals surface area contributed by atoms with E-state index in [0.29, 0.717) is 19.4 Å². The Morgan fingerprint density at radius 1 is 0.628 bits per heavy atom. The maximum Gasteiger partial charge on any atom is 0.246 e. The Hall–Kier alpha value is -4.92. The van der Waals surface area contributed by atoms with Gasteiger partial charge in [0.1, 0.15) is 24.2 Å². The summed E-state index contributed by atoms with van der Waals surface area (Å²) in [5.74, 6) is -1.56. The van der Waals surface area contributed by atoms with Gasteiger partial charge in [0, 0.05) is 42.9 Å². The van der Waals surface area contributed by atoms with Crippen molar-refractivity contribution < 1.29 is 19.2 Å². The molecule has 4 amide bonds. The average molecular weight is 578 g/mol. The first-order valence-electron chi connectivity index (χ1n) is 14.8. The standard InChI is InChI=1S/C34H35N5O4/c40-31-27(18-22-10-3-1-4-11-22)37-33(42)30-16-9-17-39(30)34(43)29(19-23-12-5-2-6-13-23)38-32(41)28(36-31)20-24-21-35-26-15-8-7-14-25(24)26/h1-8,10-15,21,27-30,35H,9,16-20H2,(H,36,40)(H,37,42)(H,38,41)/t27-,28-,29+,30+/m0/s1. The van der Waals surface area contributed by atoms with E-state index in [4.69, 9.17) is 0 Å². The van der Waals surface area contributed by atoms with E-state index in [1.54, 1.807) is 4.90 Å². The molecule has 4 aromatic rings. The van der Waals surface area contributed by atoms with Crippen molar-refractivity contribution >= 4 is 34.5 Å². The minimum Gasteiger partial charge on any atom is -0.361 e. The number of carbonyl (C=O) groups excluding carboxylic acids is 4. The third kappa shape index (κ3) is 6.30. The molecule has 2 aliphatic rings. The van der Waals surface area contributed by atoms with E-state index >= 15 is 0 Å². The maximum atomic E-state index is 14.0. The number of aromatic amines is 1. The highest BCUT2D eigenvalue weighted by Crippen LogP contribution is 2.22. The third-order valence-corrected chi connectivity index (χ3v) is 8.38. The molecule has 0 unspecified atom stereocenters. The van der Waals surface area contributed by atoms with Crippen molar-refractivity contribution in [2.75, 3.05) is 6.54 Å². The van der Waals surface area contributed by atoms with Gasteiger partial charge in [0.25, 0.3) is 0 Å². The largest absolute Gasteiger partial charge is 0.361 e. The number of aromatic nitrogens is 1. The van der Waals surface area contributed by atoms with E-state index in [2.05, 4.69) is 20.9 Å². The molecule has 4 N–H and O–H groups in total. The van der Waals surface area contributed by atoms with Crippen LogP contribution >= 0.6 is 0 Å². The van der Waals surface area contributed by atoms with Crippen molar-refractivity contribution in [1.82, 2.24) is 25.8 Å². The SMILES string of the molecule is O=C1N[C@H](Cc2ccccc2)C(=O)N2CCC[C@@H]2C(=O)N[C@@H](Cc2ccccc2)C(=O)N[C@H]1Cc1c[nH]c2ccccc12. The minimum atomic E-state index is -0.984. The molecule has 3 aromatic carbocycles. The van der Waals surface area contributed by atoms with Gasteiger partial charge >= 0.3 is 0 Å². The average Bonchev–Trinajstić information content (AvgIpc) is 3.68. The molecule has 2 aliphatic heterocycles. The monoisotopic (exact) mass is 577 g/mol. The van der Waals surface area contributed by atoms with E-state index in [9.17, 15) is 19.2 Å². The fourth-order valence-electron chi connectivity index (χ4n) is 6.15. The van der Waals surface area contributed by atoms with Crippen molar-refractivity contribution in [1.29, 1.82) is 0 Å². The van der Waals surface area contributed by atoms with Gasteiger partial charge in [-0.05, 0) is 35.6 Å². The van der Waals surface area contributed by atoms with Crippen LogP contribution in [0.2, 0.25) is 0 Å². The lowest BCUT2D eigenvalue weighted by molar-refractivity contribution is -0.143. The van der Waals surface area contributed by atoms with Crippen LogP contribution in [0.1, 0.15) is 29.5 Å². The number of para-hydroxylation sites is 1. The predicted molar refractivity (Wildman–Crippen MR) is 163 cm³/mol. The van der Waals surface area contributed by atoms with Gasteiger partial charge in [0.2, 0.25) is 23.6 Å². The van der Waals surface area contributed by atoms with E-state index in [-0.39, 0.29) is 31.1 Å². The zero-order valence-corrected chi connectivity index (χ0v) is 23.8. The summed E-state index contributed by atoms with van der Waals surface area (Å²) in [6.07, 6.45) is 3.70. The summed E-state index contributed by atoms with van der Waals surface area (Å²) >= 11 is 0. The van der Waals surface area contributed by atoms with Crippen LogP contribution in [0.3, 0.4) is 0 Å². The fourth-order valence-corrected chi connectivity index (χ4v) is 6.15. The van der Waals surface area contributed by atoms with E-state index in [1.165, 1.54) is 0 Å². The molecule has 9 heteroatoms. The minimum absolute atomic E-state index is 0.201. The molecule has 0 saturated carbocycles. The summed E-state index contributed by atoms with van der Waals surface area (Å²) in [4.78, 5) is 60.3. The summed E-state index contributed by atoms with van der Waals surface area (Å²) in [5.41, 5.74) is 3.53. The Morgan fingerprint density at radius 3 is 1.88 bits per heavy atom. The van der Waals surface area contributed by atoms with Crippen LogP contribution in [-0.4, -0.2) is 64.2 Å². The lowest BCUT2D eigenvalue weighted by Gasteiger charge is -2.32. The zero-order valence-electron chi connectivity index (χ0n) is 23.8. The highest BCUT2D eigenvalue weighted by atomic mass is 16.2. The van der Waals surface area contributed by atoms with Gasteiger partial charge in [-0.25, -0.2) is 0 Å². The number of amides is 4. The first-order chi connectivity index (χ1) is 21.0. The van der Waals surface area contributed by atoms with E-state index < -0.39 is 36.0 Å². The van der Waals surface area contributed by atoms with Gasteiger partial charge in [-0.15, -0.1) is 0 Å². The number of hydrogen-bond donors (Lipinski definition) is 4. The Morgan fingerprint density at radius 2 is 1.19 bits per heavy atom. The number of benzene rings is 3. The highest BCUT2D eigenvalue weighted by molar-refractivity contribution is 5.98. The van der Waals surface area contributed by atoms with Crippen LogP contribution in [-0.2, 0) is 38.4 Å². The number of H-pyrrole nitrogens is 1. The van der Waals surface area contributed by atoms with Crippen LogP contribution in [0.25, 0.3) is 10.9 Å². The van der Waals surface area contributed by atoms with Crippen molar-refractivity contribution in [3.8, 4) is 0 Å². The van der Waals surface area contributed by atoms with E-state index in [0.717, 1.165) is 27.6 Å². The Labute approximate surface area is 250 Å². The van der Waals surface area contributed by atoms with Crippen molar-refractivity contribution in [2.24, 2.45) is 0 Å². The van der Waals surface area contributed by atoms with Crippen LogP contribution in [0.15, 0.2) is 91.1 Å². The smallest absolute Gasteiger partial charge is 0.246 e. The number of rotatable bonds is 6. The molecule has 9 nitrogen and oxygen atoms in total. The van der Waals surface area contributed by atoms with Gasteiger partial charge in [-0.2, -0.15) is 0 Å². The second-order valence-electron chi connectivity index (χ2n) is 11.3. The Bertz CT molecular complexity index is 1620. The van der Waals surface area contributed by atoms with Crippen molar-refractivity contribution in [3.63, 3.8) is 0 Å². The molecule has 43 heavy (non-hydrogen) atoms. The Balaban J connectivity index is 1.36. The molecular formula is C34H35N5O4. The maximum absolute atomic E-state index is 14.0. The number of fused-ring (bicyclic) bond motifs is 2. The lowest BCUT2D eigenvalue weighted by atomic mass is 9.99. The summed E-state index contributed by atoms with van der Waals surface area (Å²) in [6, 6.07) is 23.1. The summed E-state index contributed by atoms with van der Waals surface area (Å²) < 4.78 is 0. The first-order valence-corrected chi connectivity index (χ1v) is 14.8. The van der Waals surface area contributed by atoms with Crippen LogP contribution in [0, 0.1) is 0 Å². The molecule has 0 bridgehead atoms. The highest BCUT2D eigenvalue weighted by Gasteiger charge is 2.40. The molecular weight excluding hydrogens is 542 g/mol. The molecule has 0 radical (unpaired) electrons. The molecule has 3 heterocycles. The third-order valence-electron chi connectivity index (χ3n) is 8.38.